The van der Waals surface area contributed by atoms with Gasteiger partial charge >= 0.3 is 5.97 Å². The van der Waals surface area contributed by atoms with E-state index < -0.39 is 17.4 Å². The van der Waals surface area contributed by atoms with Crippen molar-refractivity contribution in [3.8, 4) is 0 Å². The van der Waals surface area contributed by atoms with Gasteiger partial charge in [-0.25, -0.2) is 8.78 Å². The summed E-state index contributed by atoms with van der Waals surface area (Å²) in [5.74, 6) is -1.64. The number of rotatable bonds is 2. The maximum atomic E-state index is 15.6. The highest BCUT2D eigenvalue weighted by Gasteiger charge is 2.46. The molecule has 1 fully saturated rings. The lowest BCUT2D eigenvalue weighted by molar-refractivity contribution is -0.147. The molecule has 2 aliphatic heterocycles. The van der Waals surface area contributed by atoms with Crippen molar-refractivity contribution in [1.29, 1.82) is 0 Å². The second kappa shape index (κ2) is 6.15. The molecule has 1 amide bonds. The predicted octanol–water partition coefficient (Wildman–Crippen LogP) is 3.20. The van der Waals surface area contributed by atoms with Gasteiger partial charge in [0.05, 0.1) is 13.0 Å². The number of amides is 1. The summed E-state index contributed by atoms with van der Waals surface area (Å²) in [7, 11) is 1.32. The molecule has 1 saturated heterocycles. The van der Waals surface area contributed by atoms with E-state index in [1.54, 1.807) is 11.8 Å². The molecule has 2 heterocycles. The molecule has 0 aromatic heterocycles. The number of carbonyl (C=O) groups is 2. The van der Waals surface area contributed by atoms with Gasteiger partial charge in [-0.2, -0.15) is 0 Å². The first-order chi connectivity index (χ1) is 11.4. The minimum absolute atomic E-state index is 0.124. The molecular formula is C18H21F2NO3. The van der Waals surface area contributed by atoms with Crippen LogP contribution in [0.15, 0.2) is 18.2 Å². The van der Waals surface area contributed by atoms with Crippen molar-refractivity contribution >= 4 is 11.9 Å². The lowest BCUT2D eigenvalue weighted by Gasteiger charge is -2.39. The second-order valence-electron chi connectivity index (χ2n) is 6.62. The van der Waals surface area contributed by atoms with Gasteiger partial charge in [0.25, 0.3) is 5.91 Å². The van der Waals surface area contributed by atoms with Crippen LogP contribution < -0.4 is 0 Å². The lowest BCUT2D eigenvalue weighted by Crippen LogP contribution is -2.48. The molecule has 3 atom stereocenters. The summed E-state index contributed by atoms with van der Waals surface area (Å²) in [6.45, 7) is 1.92. The van der Waals surface area contributed by atoms with Crippen LogP contribution in [-0.2, 0) is 15.2 Å². The number of methoxy groups -OCH3 is 1. The van der Waals surface area contributed by atoms with Crippen LogP contribution >= 0.6 is 0 Å². The predicted molar refractivity (Wildman–Crippen MR) is 83.7 cm³/mol. The number of halogens is 2. The van der Waals surface area contributed by atoms with Gasteiger partial charge < -0.3 is 9.64 Å². The molecule has 3 rings (SSSR count). The summed E-state index contributed by atoms with van der Waals surface area (Å²) >= 11 is 0. The zero-order valence-corrected chi connectivity index (χ0v) is 13.9. The third kappa shape index (κ3) is 2.68. The molecule has 1 aromatic carbocycles. The Bertz CT molecular complexity index is 678. The largest absolute Gasteiger partial charge is 0.469 e. The number of fused-ring (bicyclic) bond motifs is 2. The minimum atomic E-state index is -1.75. The van der Waals surface area contributed by atoms with Crippen LogP contribution in [0, 0.1) is 11.7 Å². The fourth-order valence-electron chi connectivity index (χ4n) is 3.89. The summed E-state index contributed by atoms with van der Waals surface area (Å²) in [5, 5.41) is 0. The summed E-state index contributed by atoms with van der Waals surface area (Å²) in [5.41, 5.74) is -1.43. The number of hydrogen-bond donors (Lipinski definition) is 0. The number of ether oxygens (including phenoxy) is 1. The Balaban J connectivity index is 2.03. The SMILES string of the molecule is CCC1(F)CC2CCC(C(=O)OC)CN2C(=O)c2ccc(F)cc21. The van der Waals surface area contributed by atoms with Crippen molar-refractivity contribution < 1.29 is 23.1 Å². The molecule has 0 spiro atoms. The van der Waals surface area contributed by atoms with E-state index >= 15 is 4.39 Å². The molecule has 0 radical (unpaired) electrons. The van der Waals surface area contributed by atoms with Crippen molar-refractivity contribution in [2.45, 2.75) is 44.3 Å². The van der Waals surface area contributed by atoms with Gasteiger partial charge in [-0.15, -0.1) is 0 Å². The van der Waals surface area contributed by atoms with Gasteiger partial charge in [-0.1, -0.05) is 6.92 Å². The molecule has 0 aliphatic carbocycles. The summed E-state index contributed by atoms with van der Waals surface area (Å²) in [6, 6.07) is 3.36. The quantitative estimate of drug-likeness (QED) is 0.779. The Labute approximate surface area is 139 Å². The highest BCUT2D eigenvalue weighted by atomic mass is 19.1. The Morgan fingerprint density at radius 1 is 1.42 bits per heavy atom. The van der Waals surface area contributed by atoms with E-state index in [0.717, 1.165) is 6.07 Å². The molecule has 2 aliphatic rings. The number of esters is 1. The minimum Gasteiger partial charge on any atom is -0.469 e. The van der Waals surface area contributed by atoms with Gasteiger partial charge in [0.1, 0.15) is 11.5 Å². The third-order valence-electron chi connectivity index (χ3n) is 5.32. The van der Waals surface area contributed by atoms with Crippen molar-refractivity contribution in [3.05, 3.63) is 35.1 Å². The molecule has 0 bridgehead atoms. The van der Waals surface area contributed by atoms with Crippen molar-refractivity contribution in [3.63, 3.8) is 0 Å². The normalized spacial score (nSPS) is 29.5. The fraction of sp³-hybridized carbons (Fsp3) is 0.556. The monoisotopic (exact) mass is 337 g/mol. The van der Waals surface area contributed by atoms with Gasteiger partial charge in [-0.05, 0) is 37.5 Å². The van der Waals surface area contributed by atoms with E-state index in [2.05, 4.69) is 0 Å². The number of alkyl halides is 1. The fourth-order valence-corrected chi connectivity index (χ4v) is 3.89. The Hall–Kier alpha value is -1.98. The molecule has 1 aromatic rings. The van der Waals surface area contributed by atoms with Gasteiger partial charge in [0.2, 0.25) is 0 Å². The van der Waals surface area contributed by atoms with E-state index in [9.17, 15) is 14.0 Å². The zero-order valence-electron chi connectivity index (χ0n) is 13.9. The first-order valence-corrected chi connectivity index (χ1v) is 8.27. The highest BCUT2D eigenvalue weighted by molar-refractivity contribution is 5.97. The number of benzene rings is 1. The van der Waals surface area contributed by atoms with E-state index in [4.69, 9.17) is 4.74 Å². The smallest absolute Gasteiger partial charge is 0.310 e. The van der Waals surface area contributed by atoms with Crippen LogP contribution in [0.25, 0.3) is 0 Å². The standard InChI is InChI=1S/C18H21F2NO3/c1-3-18(20)9-13-6-4-11(17(23)24-2)10-21(13)16(22)14-7-5-12(19)8-15(14)18/h5,7-8,11,13H,3-4,6,9-10H2,1-2H3. The number of nitrogens with zero attached hydrogens (tertiary/aromatic N) is 1. The van der Waals surface area contributed by atoms with Crippen molar-refractivity contribution in [2.75, 3.05) is 13.7 Å². The van der Waals surface area contributed by atoms with Crippen LogP contribution in [0.5, 0.6) is 0 Å². The summed E-state index contributed by atoms with van der Waals surface area (Å²) in [4.78, 5) is 26.3. The van der Waals surface area contributed by atoms with Crippen LogP contribution in [0.4, 0.5) is 8.78 Å². The van der Waals surface area contributed by atoms with Gasteiger partial charge in [0, 0.05) is 30.1 Å². The molecule has 0 saturated carbocycles. The Kier molecular flexibility index (Phi) is 4.32. The Morgan fingerprint density at radius 2 is 2.17 bits per heavy atom. The van der Waals surface area contributed by atoms with Gasteiger partial charge in [0.15, 0.2) is 0 Å². The number of hydrogen-bond acceptors (Lipinski definition) is 3. The Morgan fingerprint density at radius 3 is 2.83 bits per heavy atom. The molecule has 6 heteroatoms. The van der Waals surface area contributed by atoms with Crippen molar-refractivity contribution in [2.24, 2.45) is 5.92 Å². The molecule has 130 valence electrons. The van der Waals surface area contributed by atoms with Gasteiger partial charge in [-0.3, -0.25) is 9.59 Å². The topological polar surface area (TPSA) is 46.6 Å². The lowest BCUT2D eigenvalue weighted by atomic mass is 9.83. The van der Waals surface area contributed by atoms with Crippen LogP contribution in [0.3, 0.4) is 0 Å². The maximum absolute atomic E-state index is 15.6. The number of piperidine rings is 1. The van der Waals surface area contributed by atoms with Crippen LogP contribution in [0.2, 0.25) is 0 Å². The molecule has 0 N–H and O–H groups in total. The summed E-state index contributed by atoms with van der Waals surface area (Å²) < 4.78 is 34.0. The van der Waals surface area contributed by atoms with E-state index in [1.807, 2.05) is 0 Å². The second-order valence-corrected chi connectivity index (χ2v) is 6.62. The average Bonchev–Trinajstić information content (AvgIpc) is 2.68. The third-order valence-corrected chi connectivity index (χ3v) is 5.32. The van der Waals surface area contributed by atoms with Crippen LogP contribution in [-0.4, -0.2) is 36.5 Å². The van der Waals surface area contributed by atoms with E-state index in [0.29, 0.717) is 12.8 Å². The first-order valence-electron chi connectivity index (χ1n) is 8.27. The molecular weight excluding hydrogens is 316 g/mol. The van der Waals surface area contributed by atoms with E-state index in [1.165, 1.54) is 19.2 Å². The summed E-state index contributed by atoms with van der Waals surface area (Å²) in [6.07, 6.45) is 1.39. The van der Waals surface area contributed by atoms with Crippen molar-refractivity contribution in [1.82, 2.24) is 4.90 Å². The average molecular weight is 337 g/mol. The van der Waals surface area contributed by atoms with E-state index in [-0.39, 0.29) is 48.4 Å². The molecule has 4 nitrogen and oxygen atoms in total. The zero-order chi connectivity index (χ0) is 17.5. The molecule has 24 heavy (non-hydrogen) atoms. The first kappa shape index (κ1) is 16.9. The highest BCUT2D eigenvalue weighted by Crippen LogP contribution is 2.43. The maximum Gasteiger partial charge on any atom is 0.310 e. The molecule has 3 unspecified atom stereocenters. The number of carbonyl (C=O) groups excluding carboxylic acids is 2. The van der Waals surface area contributed by atoms with Crippen LogP contribution in [0.1, 0.15) is 48.5 Å².